The van der Waals surface area contributed by atoms with E-state index in [-0.39, 0.29) is 29.9 Å². The van der Waals surface area contributed by atoms with Gasteiger partial charge in [0.25, 0.3) is 0 Å². The third-order valence-electron chi connectivity index (χ3n) is 5.39. The normalized spacial score (nSPS) is 15.4. The van der Waals surface area contributed by atoms with Gasteiger partial charge in [-0.3, -0.25) is 9.79 Å². The van der Waals surface area contributed by atoms with E-state index in [4.69, 9.17) is 9.47 Å². The number of hydrogen-bond acceptors (Lipinski definition) is 4. The van der Waals surface area contributed by atoms with Gasteiger partial charge in [0.05, 0.1) is 12.8 Å². The third-order valence-corrected chi connectivity index (χ3v) is 5.39. The minimum atomic E-state index is -0.126. The van der Waals surface area contributed by atoms with E-state index in [0.717, 1.165) is 31.1 Å². The molecule has 0 saturated heterocycles. The fourth-order valence-electron chi connectivity index (χ4n) is 3.79. The Morgan fingerprint density at radius 2 is 1.93 bits per heavy atom. The van der Waals surface area contributed by atoms with E-state index in [1.807, 2.05) is 18.2 Å². The van der Waals surface area contributed by atoms with E-state index in [1.165, 1.54) is 32.6 Å². The summed E-state index contributed by atoms with van der Waals surface area (Å²) >= 11 is 0. The van der Waals surface area contributed by atoms with Crippen LogP contribution in [0, 0.1) is 5.41 Å². The quantitative estimate of drug-likeness (QED) is 0.265. The lowest BCUT2D eigenvalue weighted by Crippen LogP contribution is -2.43. The predicted octanol–water partition coefficient (Wildman–Crippen LogP) is 3.53. The highest BCUT2D eigenvalue weighted by Gasteiger charge is 2.33. The number of carbonyl (C=O) groups is 1. The summed E-state index contributed by atoms with van der Waals surface area (Å²) in [6.07, 6.45) is 6.12. The number of rotatable bonds is 9. The van der Waals surface area contributed by atoms with Crippen LogP contribution in [0.2, 0.25) is 0 Å². The molecule has 1 saturated carbocycles. The number of aliphatic imine (C=N–C) groups is 1. The van der Waals surface area contributed by atoms with Gasteiger partial charge in [0, 0.05) is 40.8 Å². The molecule has 1 aliphatic carbocycles. The van der Waals surface area contributed by atoms with Crippen LogP contribution in [0.25, 0.3) is 0 Å². The molecule has 3 N–H and O–H groups in total. The molecule has 0 unspecified atom stereocenters. The summed E-state index contributed by atoms with van der Waals surface area (Å²) in [5.74, 6) is 1.29. The van der Waals surface area contributed by atoms with Gasteiger partial charge >= 0.3 is 0 Å². The Morgan fingerprint density at radius 1 is 1.21 bits per heavy atom. The minimum Gasteiger partial charge on any atom is -0.495 e. The number of anilines is 1. The first-order valence-corrected chi connectivity index (χ1v) is 9.90. The molecular formula is C21H35IN4O3. The summed E-state index contributed by atoms with van der Waals surface area (Å²) in [6, 6.07) is 5.75. The first-order chi connectivity index (χ1) is 13.5. The number of nitrogens with one attached hydrogen (secondary N) is 3. The van der Waals surface area contributed by atoms with E-state index in [9.17, 15) is 4.79 Å². The maximum absolute atomic E-state index is 11.4. The summed E-state index contributed by atoms with van der Waals surface area (Å²) in [5, 5.41) is 9.65. The second-order valence-electron chi connectivity index (χ2n) is 7.45. The molecule has 0 radical (unpaired) electrons. The maximum Gasteiger partial charge on any atom is 0.221 e. The summed E-state index contributed by atoms with van der Waals surface area (Å²) in [7, 11) is 5.13. The van der Waals surface area contributed by atoms with E-state index >= 15 is 0 Å². The van der Waals surface area contributed by atoms with Gasteiger partial charge in [-0.2, -0.15) is 0 Å². The van der Waals surface area contributed by atoms with Crippen LogP contribution in [0.4, 0.5) is 5.69 Å². The molecule has 0 bridgehead atoms. The van der Waals surface area contributed by atoms with Gasteiger partial charge in [-0.15, -0.1) is 24.0 Å². The van der Waals surface area contributed by atoms with Crippen molar-refractivity contribution in [1.82, 2.24) is 10.6 Å². The highest BCUT2D eigenvalue weighted by atomic mass is 127. The van der Waals surface area contributed by atoms with Crippen LogP contribution in [-0.2, 0) is 16.1 Å². The Labute approximate surface area is 191 Å². The monoisotopic (exact) mass is 518 g/mol. The number of nitrogens with zero attached hydrogens (tertiary/aromatic N) is 1. The summed E-state index contributed by atoms with van der Waals surface area (Å²) in [6.45, 7) is 3.78. The lowest BCUT2D eigenvalue weighted by molar-refractivity contribution is -0.114. The molecule has 7 nitrogen and oxygen atoms in total. The van der Waals surface area contributed by atoms with Crippen LogP contribution in [0.3, 0.4) is 0 Å². The molecule has 0 aliphatic heterocycles. The van der Waals surface area contributed by atoms with Gasteiger partial charge in [0.1, 0.15) is 5.75 Å². The van der Waals surface area contributed by atoms with Crippen molar-refractivity contribution in [3.05, 3.63) is 23.8 Å². The molecular weight excluding hydrogens is 483 g/mol. The van der Waals surface area contributed by atoms with Gasteiger partial charge in [-0.25, -0.2) is 0 Å². The standard InChI is InChI=1S/C21H34N4O3.HI/c1-16(26)25-18-13-17(7-8-19(18)28-4)14-23-20(22-2)24-15-21(11-12-27-3)9-5-6-10-21;/h7-8,13H,5-6,9-12,14-15H2,1-4H3,(H,25,26)(H2,22,23,24);1H. The van der Waals surface area contributed by atoms with Crippen molar-refractivity contribution in [1.29, 1.82) is 0 Å². The van der Waals surface area contributed by atoms with Gasteiger partial charge in [0.2, 0.25) is 5.91 Å². The molecule has 8 heteroatoms. The van der Waals surface area contributed by atoms with Crippen LogP contribution >= 0.6 is 24.0 Å². The minimum absolute atomic E-state index is 0. The maximum atomic E-state index is 11.4. The Bertz CT molecular complexity index is 676. The van der Waals surface area contributed by atoms with Crippen molar-refractivity contribution in [2.45, 2.75) is 45.6 Å². The zero-order chi connectivity index (χ0) is 20.4. The van der Waals surface area contributed by atoms with E-state index in [0.29, 0.717) is 23.4 Å². The summed E-state index contributed by atoms with van der Waals surface area (Å²) < 4.78 is 10.6. The molecule has 1 aromatic carbocycles. The van der Waals surface area contributed by atoms with Crippen LogP contribution < -0.4 is 20.7 Å². The fourth-order valence-corrected chi connectivity index (χ4v) is 3.79. The number of carbonyl (C=O) groups excluding carboxylic acids is 1. The first-order valence-electron chi connectivity index (χ1n) is 9.90. The van der Waals surface area contributed by atoms with Crippen molar-refractivity contribution in [2.24, 2.45) is 10.4 Å². The second kappa shape index (κ2) is 12.9. The topological polar surface area (TPSA) is 84.0 Å². The number of amides is 1. The van der Waals surface area contributed by atoms with Crippen molar-refractivity contribution in [2.75, 3.05) is 39.7 Å². The van der Waals surface area contributed by atoms with Crippen LogP contribution in [0.1, 0.15) is 44.6 Å². The van der Waals surface area contributed by atoms with Crippen LogP contribution in [0.5, 0.6) is 5.75 Å². The van der Waals surface area contributed by atoms with Crippen molar-refractivity contribution < 1.29 is 14.3 Å². The van der Waals surface area contributed by atoms with Gasteiger partial charge in [-0.1, -0.05) is 18.9 Å². The third kappa shape index (κ3) is 8.00. The van der Waals surface area contributed by atoms with Crippen molar-refractivity contribution in [3.63, 3.8) is 0 Å². The zero-order valence-corrected chi connectivity index (χ0v) is 20.3. The molecule has 1 aliphatic rings. The zero-order valence-electron chi connectivity index (χ0n) is 18.0. The van der Waals surface area contributed by atoms with Crippen molar-refractivity contribution >= 4 is 41.5 Å². The SMILES string of the molecule is CN=C(NCc1ccc(OC)c(NC(C)=O)c1)NCC1(CCOC)CCCC1.I. The highest BCUT2D eigenvalue weighted by molar-refractivity contribution is 14.0. The number of guanidine groups is 1. The number of halogens is 1. The molecule has 0 atom stereocenters. The second-order valence-corrected chi connectivity index (χ2v) is 7.45. The average Bonchev–Trinajstić information content (AvgIpc) is 3.15. The van der Waals surface area contributed by atoms with Crippen molar-refractivity contribution in [3.8, 4) is 5.75 Å². The lowest BCUT2D eigenvalue weighted by atomic mass is 9.83. The molecule has 1 aromatic rings. The molecule has 0 spiro atoms. The molecule has 0 aromatic heterocycles. The van der Waals surface area contributed by atoms with E-state index < -0.39 is 0 Å². The number of hydrogen-bond donors (Lipinski definition) is 3. The Balaban J connectivity index is 0.00000420. The first kappa shape index (κ1) is 25.5. The predicted molar refractivity (Wildman–Crippen MR) is 128 cm³/mol. The van der Waals surface area contributed by atoms with Crippen LogP contribution in [-0.4, -0.2) is 46.3 Å². The molecule has 29 heavy (non-hydrogen) atoms. The van der Waals surface area contributed by atoms with Gasteiger partial charge in [0.15, 0.2) is 5.96 Å². The van der Waals surface area contributed by atoms with E-state index in [2.05, 4.69) is 20.9 Å². The van der Waals surface area contributed by atoms with E-state index in [1.54, 1.807) is 21.3 Å². The average molecular weight is 518 g/mol. The molecule has 2 rings (SSSR count). The molecule has 0 heterocycles. The lowest BCUT2D eigenvalue weighted by Gasteiger charge is -2.30. The van der Waals surface area contributed by atoms with Crippen LogP contribution in [0.15, 0.2) is 23.2 Å². The number of benzene rings is 1. The summed E-state index contributed by atoms with van der Waals surface area (Å²) in [4.78, 5) is 15.7. The number of methoxy groups -OCH3 is 2. The Kier molecular flexibility index (Phi) is 11.3. The highest BCUT2D eigenvalue weighted by Crippen LogP contribution is 2.40. The van der Waals surface area contributed by atoms with Gasteiger partial charge in [-0.05, 0) is 42.4 Å². The van der Waals surface area contributed by atoms with Gasteiger partial charge < -0.3 is 25.4 Å². The summed E-state index contributed by atoms with van der Waals surface area (Å²) in [5.41, 5.74) is 2.00. The number of ether oxygens (including phenoxy) is 2. The Morgan fingerprint density at radius 3 is 2.52 bits per heavy atom. The molecule has 164 valence electrons. The molecule has 1 amide bonds. The Hall–Kier alpha value is -1.55. The fraction of sp³-hybridized carbons (Fsp3) is 0.619. The smallest absolute Gasteiger partial charge is 0.221 e. The molecule has 1 fully saturated rings. The largest absolute Gasteiger partial charge is 0.495 e.